The molecule has 258 valence electrons. The molecule has 0 saturated carbocycles. The van der Waals surface area contributed by atoms with Gasteiger partial charge in [-0.05, 0) is 74.7 Å². The van der Waals surface area contributed by atoms with Gasteiger partial charge in [0.1, 0.15) is 12.4 Å². The summed E-state index contributed by atoms with van der Waals surface area (Å²) < 4.78 is 22.5. The van der Waals surface area contributed by atoms with E-state index in [0.717, 1.165) is 57.3 Å². The minimum Gasteiger partial charge on any atom is -0.504 e. The molecule has 10 heteroatoms. The number of hydrogen-bond acceptors (Lipinski definition) is 9. The summed E-state index contributed by atoms with van der Waals surface area (Å²) in [5.74, 6) is 0.607. The number of benzene rings is 2. The number of phenolic OH excluding ortho intramolecular Hbond substituents is 1. The Morgan fingerprint density at radius 1 is 0.783 bits per heavy atom. The van der Waals surface area contributed by atoms with E-state index in [0.29, 0.717) is 62.1 Å². The van der Waals surface area contributed by atoms with Gasteiger partial charge in [0.2, 0.25) is 5.91 Å². The van der Waals surface area contributed by atoms with Gasteiger partial charge in [0.05, 0.1) is 37.7 Å². The second-order valence-corrected chi connectivity index (χ2v) is 11.4. The zero-order chi connectivity index (χ0) is 33.4. The van der Waals surface area contributed by atoms with E-state index in [2.05, 4.69) is 31.0 Å². The number of phenols is 1. The maximum Gasteiger partial charge on any atom is 0.338 e. The molecule has 0 radical (unpaired) electrons. The molecule has 0 aromatic heterocycles. The van der Waals surface area contributed by atoms with Crippen molar-refractivity contribution in [3.05, 3.63) is 47.5 Å². The fraction of sp³-hybridized carbons (Fsp3) is 0.611. The summed E-state index contributed by atoms with van der Waals surface area (Å²) in [6.45, 7) is 11.7. The summed E-state index contributed by atoms with van der Waals surface area (Å²) in [5, 5.41) is 13.1. The number of unbranched alkanes of at least 4 members (excludes halogenated alkanes) is 7. The van der Waals surface area contributed by atoms with Crippen LogP contribution in [0.2, 0.25) is 0 Å². The average Bonchev–Trinajstić information content (AvgIpc) is 3.06. The Morgan fingerprint density at radius 2 is 1.48 bits per heavy atom. The molecule has 10 nitrogen and oxygen atoms in total. The van der Waals surface area contributed by atoms with Crippen LogP contribution in [-0.4, -0.2) is 74.6 Å². The van der Waals surface area contributed by atoms with Crippen LogP contribution in [-0.2, 0) is 20.8 Å². The topological polar surface area (TPSA) is 133 Å². The molecule has 0 heterocycles. The predicted molar refractivity (Wildman–Crippen MR) is 183 cm³/mol. The first-order chi connectivity index (χ1) is 22.4. The Labute approximate surface area is 275 Å². The van der Waals surface area contributed by atoms with E-state index in [-0.39, 0.29) is 18.3 Å². The second kappa shape index (κ2) is 23.8. The predicted octanol–water partition coefficient (Wildman–Crippen LogP) is 6.48. The first-order valence-electron chi connectivity index (χ1n) is 17.1. The van der Waals surface area contributed by atoms with Crippen molar-refractivity contribution in [3.8, 4) is 17.2 Å². The summed E-state index contributed by atoms with van der Waals surface area (Å²) >= 11 is 0. The highest BCUT2D eigenvalue weighted by atomic mass is 16.6. The Balaban J connectivity index is 1.59. The van der Waals surface area contributed by atoms with Gasteiger partial charge < -0.3 is 40.0 Å². The molecule has 0 spiro atoms. The molecule has 0 saturated heterocycles. The number of aromatic hydroxyl groups is 1. The normalized spacial score (nSPS) is 11.0. The molecule has 0 atom stereocenters. The highest BCUT2D eigenvalue weighted by Gasteiger charge is 2.11. The number of hydrogen-bond donors (Lipinski definition) is 3. The molecule has 1 amide bonds. The summed E-state index contributed by atoms with van der Waals surface area (Å²) in [5.41, 5.74) is 7.74. The number of amides is 1. The molecule has 46 heavy (non-hydrogen) atoms. The van der Waals surface area contributed by atoms with Gasteiger partial charge in [-0.1, -0.05) is 58.9 Å². The van der Waals surface area contributed by atoms with Crippen LogP contribution in [0.4, 0.5) is 5.69 Å². The average molecular weight is 644 g/mol. The van der Waals surface area contributed by atoms with Crippen LogP contribution in [0.5, 0.6) is 17.2 Å². The van der Waals surface area contributed by atoms with Crippen LogP contribution in [0.1, 0.15) is 101 Å². The Bertz CT molecular complexity index is 1140. The van der Waals surface area contributed by atoms with Crippen molar-refractivity contribution >= 4 is 17.6 Å². The van der Waals surface area contributed by atoms with Crippen molar-refractivity contribution in [2.24, 2.45) is 0 Å². The number of carbonyl (C=O) groups excluding carboxylic acids is 2. The number of likely N-dealkylation sites (N-methyl/N-ethyl adjacent to an activating group) is 1. The lowest BCUT2D eigenvalue weighted by Gasteiger charge is -2.17. The highest BCUT2D eigenvalue weighted by molar-refractivity contribution is 5.91. The first-order valence-corrected chi connectivity index (χ1v) is 17.1. The molecular weight excluding hydrogens is 586 g/mol. The SMILES string of the molecule is CCCCCCCCC(=O)NCc1ccc(O)c(OCCCCCOc2ccc(C(=O)OCCOCCN(CC)CC)cc2N)c1. The summed E-state index contributed by atoms with van der Waals surface area (Å²) in [7, 11) is 0. The number of nitrogens with one attached hydrogen (secondary N) is 1. The molecule has 0 unspecified atom stereocenters. The van der Waals surface area contributed by atoms with Gasteiger partial charge in [0, 0.05) is 19.5 Å². The third kappa shape index (κ3) is 16.2. The molecule has 4 N–H and O–H groups in total. The lowest BCUT2D eigenvalue weighted by molar-refractivity contribution is -0.121. The van der Waals surface area contributed by atoms with Crippen molar-refractivity contribution in [1.82, 2.24) is 10.2 Å². The van der Waals surface area contributed by atoms with Crippen LogP contribution in [0.15, 0.2) is 36.4 Å². The van der Waals surface area contributed by atoms with E-state index in [1.165, 1.54) is 25.7 Å². The van der Waals surface area contributed by atoms with Crippen molar-refractivity contribution in [3.63, 3.8) is 0 Å². The lowest BCUT2D eigenvalue weighted by atomic mass is 10.1. The maximum absolute atomic E-state index is 12.3. The van der Waals surface area contributed by atoms with Gasteiger partial charge in [-0.15, -0.1) is 0 Å². The Hall–Kier alpha value is -3.50. The fourth-order valence-corrected chi connectivity index (χ4v) is 4.80. The van der Waals surface area contributed by atoms with Crippen LogP contribution in [0.3, 0.4) is 0 Å². The molecule has 0 aliphatic carbocycles. The first kappa shape index (κ1) is 38.7. The van der Waals surface area contributed by atoms with E-state index >= 15 is 0 Å². The highest BCUT2D eigenvalue weighted by Crippen LogP contribution is 2.27. The fourth-order valence-electron chi connectivity index (χ4n) is 4.80. The number of nitrogens with two attached hydrogens (primary N) is 1. The van der Waals surface area contributed by atoms with E-state index in [4.69, 9.17) is 24.7 Å². The minimum atomic E-state index is -0.449. The minimum absolute atomic E-state index is 0.0479. The lowest BCUT2D eigenvalue weighted by Crippen LogP contribution is -2.27. The van der Waals surface area contributed by atoms with E-state index < -0.39 is 5.97 Å². The molecule has 2 aromatic rings. The van der Waals surface area contributed by atoms with Gasteiger partial charge in [0.25, 0.3) is 0 Å². The molecular formula is C36H57N3O7. The zero-order valence-electron chi connectivity index (χ0n) is 28.3. The third-order valence-electron chi connectivity index (χ3n) is 7.73. The largest absolute Gasteiger partial charge is 0.504 e. The standard InChI is InChI=1S/C36H57N3O7/c1-4-7-8-9-10-12-15-35(41)38-28-29-16-18-32(40)34(26-29)45-22-14-11-13-21-44-33-19-17-30(27-31(33)37)36(42)46-25-24-43-23-20-39(5-2)6-3/h16-19,26-27,40H,4-15,20-25,28,37H2,1-3H3,(H,38,41). The van der Waals surface area contributed by atoms with Crippen LogP contribution in [0, 0.1) is 0 Å². The van der Waals surface area contributed by atoms with Gasteiger partial charge >= 0.3 is 5.97 Å². The quantitative estimate of drug-likeness (QED) is 0.0598. The van der Waals surface area contributed by atoms with E-state index in [1.54, 1.807) is 36.4 Å². The molecule has 2 aromatic carbocycles. The number of nitrogens with zero attached hydrogens (tertiary/aromatic N) is 1. The Kier molecular flexibility index (Phi) is 20.0. The molecule has 0 fully saturated rings. The van der Waals surface area contributed by atoms with E-state index in [9.17, 15) is 14.7 Å². The number of ether oxygens (including phenoxy) is 4. The maximum atomic E-state index is 12.3. The van der Waals surface area contributed by atoms with Crippen molar-refractivity contribution in [2.75, 3.05) is 58.4 Å². The zero-order valence-corrected chi connectivity index (χ0v) is 28.3. The Morgan fingerprint density at radius 3 is 2.20 bits per heavy atom. The number of nitrogen functional groups attached to an aromatic ring is 1. The molecule has 0 bridgehead atoms. The number of esters is 1. The van der Waals surface area contributed by atoms with E-state index in [1.807, 2.05) is 0 Å². The van der Waals surface area contributed by atoms with Gasteiger partial charge in [-0.25, -0.2) is 4.79 Å². The van der Waals surface area contributed by atoms with Crippen LogP contribution in [0.25, 0.3) is 0 Å². The second-order valence-electron chi connectivity index (χ2n) is 11.4. The van der Waals surface area contributed by atoms with Crippen molar-refractivity contribution < 1.29 is 33.6 Å². The van der Waals surface area contributed by atoms with Crippen LogP contribution < -0.4 is 20.5 Å². The number of carbonyl (C=O) groups is 2. The van der Waals surface area contributed by atoms with Crippen LogP contribution >= 0.6 is 0 Å². The number of rotatable bonds is 26. The molecule has 0 aliphatic heterocycles. The van der Waals surface area contributed by atoms with Gasteiger partial charge in [0.15, 0.2) is 11.5 Å². The van der Waals surface area contributed by atoms with Gasteiger partial charge in [-0.3, -0.25) is 4.79 Å². The molecule has 2 rings (SSSR count). The smallest absolute Gasteiger partial charge is 0.338 e. The molecule has 0 aliphatic rings. The third-order valence-corrected chi connectivity index (χ3v) is 7.73. The summed E-state index contributed by atoms with van der Waals surface area (Å²) in [6.07, 6.45) is 9.87. The van der Waals surface area contributed by atoms with Gasteiger partial charge in [-0.2, -0.15) is 0 Å². The number of anilines is 1. The summed E-state index contributed by atoms with van der Waals surface area (Å²) in [4.78, 5) is 26.8. The van der Waals surface area contributed by atoms with Crippen molar-refractivity contribution in [2.45, 2.75) is 91.5 Å². The van der Waals surface area contributed by atoms with Crippen molar-refractivity contribution in [1.29, 1.82) is 0 Å². The monoisotopic (exact) mass is 643 g/mol. The summed E-state index contributed by atoms with van der Waals surface area (Å²) in [6, 6.07) is 10.0.